The summed E-state index contributed by atoms with van der Waals surface area (Å²) < 4.78 is 6.18. The van der Waals surface area contributed by atoms with Gasteiger partial charge in [-0.1, -0.05) is 11.6 Å². The second-order valence-corrected chi connectivity index (χ2v) is 5.46. The maximum Gasteiger partial charge on any atom is 0.407 e. The molecule has 0 radical (unpaired) electrons. The molecule has 116 valence electrons. The number of halogens is 1. The molecule has 7 nitrogen and oxygen atoms in total. The Morgan fingerprint density at radius 2 is 2.14 bits per heavy atom. The number of esters is 1. The minimum atomic E-state index is -0.855. The maximum atomic E-state index is 11.4. The molecular formula is C13H18ClN3O4. The summed E-state index contributed by atoms with van der Waals surface area (Å²) in [5.41, 5.74) is 0.197. The van der Waals surface area contributed by atoms with Crippen LogP contribution in [-0.2, 0) is 11.3 Å². The number of rotatable bonds is 4. The van der Waals surface area contributed by atoms with Crippen LogP contribution in [0.2, 0.25) is 5.15 Å². The zero-order valence-corrected chi connectivity index (χ0v) is 12.5. The summed E-state index contributed by atoms with van der Waals surface area (Å²) in [6, 6.07) is 1.49. The molecule has 0 saturated carbocycles. The molecule has 0 unspecified atom stereocenters. The fraction of sp³-hybridized carbons (Fsp3) is 0.615. The summed E-state index contributed by atoms with van der Waals surface area (Å²) in [6.07, 6.45) is 1.69. The van der Waals surface area contributed by atoms with Gasteiger partial charge in [0.1, 0.15) is 5.15 Å². The molecule has 0 aromatic carbocycles. The average molecular weight is 316 g/mol. The van der Waals surface area contributed by atoms with Crippen LogP contribution in [0.4, 0.5) is 4.79 Å². The van der Waals surface area contributed by atoms with E-state index in [1.54, 1.807) is 4.68 Å². The van der Waals surface area contributed by atoms with Crippen LogP contribution in [0.5, 0.6) is 0 Å². The maximum absolute atomic E-state index is 11.4. The van der Waals surface area contributed by atoms with Crippen molar-refractivity contribution in [1.82, 2.24) is 14.7 Å². The van der Waals surface area contributed by atoms with Crippen molar-refractivity contribution >= 4 is 23.7 Å². The number of carboxylic acid groups (broad SMARTS) is 1. The predicted octanol–water partition coefficient (Wildman–Crippen LogP) is 2.10. The highest BCUT2D eigenvalue weighted by atomic mass is 35.5. The number of aromatic nitrogens is 2. The van der Waals surface area contributed by atoms with E-state index in [4.69, 9.17) is 16.7 Å². The number of likely N-dealkylation sites (tertiary alicyclic amines) is 1. The summed E-state index contributed by atoms with van der Waals surface area (Å²) >= 11 is 6.04. The minimum Gasteiger partial charge on any atom is -0.465 e. The lowest BCUT2D eigenvalue weighted by atomic mass is 9.94. The van der Waals surface area contributed by atoms with Gasteiger partial charge in [-0.2, -0.15) is 5.10 Å². The lowest BCUT2D eigenvalue weighted by Gasteiger charge is -2.29. The third-order valence-electron chi connectivity index (χ3n) is 3.76. The quantitative estimate of drug-likeness (QED) is 0.860. The van der Waals surface area contributed by atoms with Crippen molar-refractivity contribution in [3.05, 3.63) is 16.9 Å². The number of carbonyl (C=O) groups excluding carboxylic acids is 1. The van der Waals surface area contributed by atoms with E-state index in [1.807, 2.05) is 0 Å². The molecule has 1 fully saturated rings. The van der Waals surface area contributed by atoms with Crippen molar-refractivity contribution in [2.75, 3.05) is 20.2 Å². The van der Waals surface area contributed by atoms with E-state index in [1.165, 1.54) is 18.1 Å². The number of aryl methyl sites for hydroxylation is 1. The van der Waals surface area contributed by atoms with Crippen LogP contribution in [0.25, 0.3) is 0 Å². The van der Waals surface area contributed by atoms with Gasteiger partial charge in [0.2, 0.25) is 0 Å². The first-order valence-electron chi connectivity index (χ1n) is 6.80. The fourth-order valence-electron chi connectivity index (χ4n) is 2.47. The Hall–Kier alpha value is -1.76. The molecule has 1 amide bonds. The monoisotopic (exact) mass is 315 g/mol. The van der Waals surface area contributed by atoms with Crippen molar-refractivity contribution in [3.63, 3.8) is 0 Å². The molecule has 8 heteroatoms. The predicted molar refractivity (Wildman–Crippen MR) is 75.5 cm³/mol. The van der Waals surface area contributed by atoms with Gasteiger partial charge in [0.15, 0.2) is 5.69 Å². The molecule has 0 atom stereocenters. The van der Waals surface area contributed by atoms with E-state index < -0.39 is 12.1 Å². The standard InChI is InChI=1S/C13H18ClN3O4/c1-21-12(18)10-8-11(14)17(15-10)7-4-9-2-5-16(6-3-9)13(19)20/h8-9H,2-7H2,1H3,(H,19,20). The Balaban J connectivity index is 1.85. The second-order valence-electron chi connectivity index (χ2n) is 5.07. The molecule has 21 heavy (non-hydrogen) atoms. The van der Waals surface area contributed by atoms with Crippen molar-refractivity contribution in [2.24, 2.45) is 5.92 Å². The number of piperidine rings is 1. The van der Waals surface area contributed by atoms with E-state index in [0.717, 1.165) is 19.3 Å². The molecule has 1 N–H and O–H groups in total. The lowest BCUT2D eigenvalue weighted by molar-refractivity contribution is 0.0593. The summed E-state index contributed by atoms with van der Waals surface area (Å²) in [5.74, 6) is -0.0622. The highest BCUT2D eigenvalue weighted by Crippen LogP contribution is 2.22. The van der Waals surface area contributed by atoms with Gasteiger partial charge in [-0.25, -0.2) is 9.59 Å². The largest absolute Gasteiger partial charge is 0.465 e. The fourth-order valence-corrected chi connectivity index (χ4v) is 2.70. The average Bonchev–Trinajstić information content (AvgIpc) is 2.86. The summed E-state index contributed by atoms with van der Waals surface area (Å²) in [5, 5.41) is 13.4. The molecule has 1 aliphatic heterocycles. The van der Waals surface area contributed by atoms with E-state index in [2.05, 4.69) is 9.84 Å². The molecule has 2 heterocycles. The van der Waals surface area contributed by atoms with Gasteiger partial charge in [0.25, 0.3) is 0 Å². The van der Waals surface area contributed by atoms with Gasteiger partial charge in [0, 0.05) is 25.7 Å². The Kier molecular flexibility index (Phi) is 5.06. The first kappa shape index (κ1) is 15.6. The smallest absolute Gasteiger partial charge is 0.407 e. The third-order valence-corrected chi connectivity index (χ3v) is 4.06. The Bertz CT molecular complexity index is 523. The Labute approximate surface area is 127 Å². The third kappa shape index (κ3) is 3.87. The number of nitrogens with zero attached hydrogens (tertiary/aromatic N) is 3. The van der Waals surface area contributed by atoms with Crippen molar-refractivity contribution < 1.29 is 19.4 Å². The second kappa shape index (κ2) is 6.80. The van der Waals surface area contributed by atoms with Gasteiger partial charge in [-0.05, 0) is 25.2 Å². The summed E-state index contributed by atoms with van der Waals surface area (Å²) in [7, 11) is 1.30. The van der Waals surface area contributed by atoms with Gasteiger partial charge in [-0.15, -0.1) is 0 Å². The topological polar surface area (TPSA) is 84.7 Å². The molecule has 0 spiro atoms. The number of methoxy groups -OCH3 is 1. The van der Waals surface area contributed by atoms with Gasteiger partial charge in [0.05, 0.1) is 7.11 Å². The lowest BCUT2D eigenvalue weighted by Crippen LogP contribution is -2.37. The highest BCUT2D eigenvalue weighted by Gasteiger charge is 2.22. The summed E-state index contributed by atoms with van der Waals surface area (Å²) in [4.78, 5) is 23.6. The normalized spacial score (nSPS) is 16.0. The molecule has 2 rings (SSSR count). The van der Waals surface area contributed by atoms with Crippen LogP contribution in [0.3, 0.4) is 0 Å². The molecule has 1 saturated heterocycles. The molecule has 1 aromatic heterocycles. The number of carbonyl (C=O) groups is 2. The van der Waals surface area contributed by atoms with E-state index in [0.29, 0.717) is 30.7 Å². The Morgan fingerprint density at radius 3 is 2.71 bits per heavy atom. The van der Waals surface area contributed by atoms with E-state index in [-0.39, 0.29) is 5.69 Å². The molecule has 1 aliphatic rings. The van der Waals surface area contributed by atoms with E-state index >= 15 is 0 Å². The van der Waals surface area contributed by atoms with Gasteiger partial charge in [-0.3, -0.25) is 4.68 Å². The number of hydrogen-bond acceptors (Lipinski definition) is 4. The SMILES string of the molecule is COC(=O)c1cc(Cl)n(CCC2CCN(C(=O)O)CC2)n1. The van der Waals surface area contributed by atoms with Crippen LogP contribution in [-0.4, -0.2) is 52.0 Å². The van der Waals surface area contributed by atoms with Gasteiger partial charge >= 0.3 is 12.1 Å². The van der Waals surface area contributed by atoms with Crippen LogP contribution in [0.1, 0.15) is 29.8 Å². The number of hydrogen-bond donors (Lipinski definition) is 1. The van der Waals surface area contributed by atoms with Crippen molar-refractivity contribution in [3.8, 4) is 0 Å². The zero-order chi connectivity index (χ0) is 15.4. The van der Waals surface area contributed by atoms with Crippen molar-refractivity contribution in [1.29, 1.82) is 0 Å². The highest BCUT2D eigenvalue weighted by molar-refractivity contribution is 6.29. The van der Waals surface area contributed by atoms with E-state index in [9.17, 15) is 9.59 Å². The number of amides is 1. The van der Waals surface area contributed by atoms with Gasteiger partial charge < -0.3 is 14.7 Å². The van der Waals surface area contributed by atoms with Crippen LogP contribution >= 0.6 is 11.6 Å². The van der Waals surface area contributed by atoms with Crippen molar-refractivity contribution in [2.45, 2.75) is 25.8 Å². The molecule has 1 aromatic rings. The van der Waals surface area contributed by atoms with Crippen LogP contribution < -0.4 is 0 Å². The molecule has 0 bridgehead atoms. The molecule has 0 aliphatic carbocycles. The Morgan fingerprint density at radius 1 is 1.48 bits per heavy atom. The first-order chi connectivity index (χ1) is 10.0. The summed E-state index contributed by atoms with van der Waals surface area (Å²) in [6.45, 7) is 1.74. The minimum absolute atomic E-state index is 0.197. The molecular weight excluding hydrogens is 298 g/mol. The van der Waals surface area contributed by atoms with Crippen LogP contribution in [0, 0.1) is 5.92 Å². The zero-order valence-electron chi connectivity index (χ0n) is 11.8. The van der Waals surface area contributed by atoms with Crippen LogP contribution in [0.15, 0.2) is 6.07 Å². The first-order valence-corrected chi connectivity index (χ1v) is 7.18. The number of ether oxygens (including phenoxy) is 1.